The quantitative estimate of drug-likeness (QED) is 0.740. The van der Waals surface area contributed by atoms with E-state index in [4.69, 9.17) is 14.4 Å². The molecule has 0 radical (unpaired) electrons. The number of carbonyl (C=O) groups is 2. The molecule has 1 aromatic heterocycles. The Morgan fingerprint density at radius 3 is 2.59 bits per heavy atom. The van der Waals surface area contributed by atoms with Gasteiger partial charge in [-0.3, -0.25) is 14.5 Å². The fourth-order valence-electron chi connectivity index (χ4n) is 5.18. The van der Waals surface area contributed by atoms with Crippen molar-refractivity contribution < 1.29 is 24.3 Å². The molecule has 3 fully saturated rings. The van der Waals surface area contributed by atoms with Gasteiger partial charge in [0.2, 0.25) is 5.91 Å². The van der Waals surface area contributed by atoms with Crippen LogP contribution in [0.25, 0.3) is 0 Å². The molecule has 1 aliphatic carbocycles. The number of amides is 1. The van der Waals surface area contributed by atoms with Gasteiger partial charge in [0.15, 0.2) is 5.76 Å². The number of aliphatic hydroxyl groups excluding tert-OH is 1. The van der Waals surface area contributed by atoms with Gasteiger partial charge in [-0.15, -0.1) is 0 Å². The molecule has 3 aliphatic rings. The van der Waals surface area contributed by atoms with Crippen LogP contribution in [0.5, 0.6) is 0 Å². The van der Waals surface area contributed by atoms with Crippen LogP contribution in [-0.2, 0) is 16.1 Å². The fraction of sp³-hybridized carbons (Fsp3) is 0.762. The Kier molecular flexibility index (Phi) is 7.29. The van der Waals surface area contributed by atoms with E-state index in [0.29, 0.717) is 18.9 Å². The second-order valence-corrected chi connectivity index (χ2v) is 8.76. The third-order valence-corrected chi connectivity index (χ3v) is 6.70. The van der Waals surface area contributed by atoms with E-state index < -0.39 is 6.10 Å². The molecule has 3 heterocycles. The van der Waals surface area contributed by atoms with Crippen LogP contribution in [0.3, 0.4) is 0 Å². The number of carbonyl (C=O) groups excluding carboxylic acids is 1. The van der Waals surface area contributed by atoms with Crippen LogP contribution in [0.15, 0.2) is 10.6 Å². The van der Waals surface area contributed by atoms with Gasteiger partial charge in [-0.2, -0.15) is 0 Å². The molecule has 2 N–H and O–H groups in total. The minimum Gasteiger partial charge on any atom is -0.483 e. The number of rotatable bonds is 3. The average molecular weight is 408 g/mol. The van der Waals surface area contributed by atoms with E-state index in [0.717, 1.165) is 43.9 Å². The van der Waals surface area contributed by atoms with Gasteiger partial charge >= 0.3 is 0 Å². The average Bonchev–Trinajstić information content (AvgIpc) is 3.18. The third kappa shape index (κ3) is 5.17. The molecule has 1 aromatic rings. The first kappa shape index (κ1) is 21.8. The Morgan fingerprint density at radius 2 is 1.93 bits per heavy atom. The lowest BCUT2D eigenvalue weighted by atomic mass is 9.71. The van der Waals surface area contributed by atoms with E-state index in [2.05, 4.69) is 16.1 Å². The number of nitrogens with zero attached hydrogens (tertiary/aromatic N) is 3. The number of aliphatic hydroxyl groups is 1. The summed E-state index contributed by atoms with van der Waals surface area (Å²) in [6, 6.07) is 2.14. The largest absolute Gasteiger partial charge is 0.483 e. The maximum atomic E-state index is 12.7. The highest BCUT2D eigenvalue weighted by Gasteiger charge is 2.47. The first-order valence-corrected chi connectivity index (χ1v) is 10.7. The van der Waals surface area contributed by atoms with Gasteiger partial charge in [0.1, 0.15) is 0 Å². The standard InChI is InChI=1S/C20H31N3O3.CH2O2/c1-22-13-16(24)12-20(19(22)25)7-9-23(10-8-20)14-17-11-18(21-26-17)15-5-3-2-4-6-15;2-1-3/h11,15-16,24H,2-10,12-14H2,1H3;1H,(H,2,3). The maximum Gasteiger partial charge on any atom is 0.290 e. The highest BCUT2D eigenvalue weighted by atomic mass is 16.5. The van der Waals surface area contributed by atoms with E-state index in [1.165, 1.54) is 32.1 Å². The van der Waals surface area contributed by atoms with Crippen molar-refractivity contribution in [3.05, 3.63) is 17.5 Å². The van der Waals surface area contributed by atoms with Gasteiger partial charge in [-0.25, -0.2) is 0 Å². The van der Waals surface area contributed by atoms with E-state index in [9.17, 15) is 9.90 Å². The van der Waals surface area contributed by atoms with Gasteiger partial charge in [-0.05, 0) is 45.2 Å². The summed E-state index contributed by atoms with van der Waals surface area (Å²) < 4.78 is 5.61. The van der Waals surface area contributed by atoms with E-state index in [1.807, 2.05) is 0 Å². The number of hydrogen-bond acceptors (Lipinski definition) is 6. The molecule has 2 aliphatic heterocycles. The van der Waals surface area contributed by atoms with Gasteiger partial charge in [0.05, 0.1) is 23.8 Å². The van der Waals surface area contributed by atoms with Crippen LogP contribution in [0.1, 0.15) is 68.7 Å². The van der Waals surface area contributed by atoms with Crippen molar-refractivity contribution >= 4 is 12.4 Å². The number of piperidine rings is 2. The predicted octanol–water partition coefficient (Wildman–Crippen LogP) is 2.23. The highest BCUT2D eigenvalue weighted by Crippen LogP contribution is 2.41. The van der Waals surface area contributed by atoms with E-state index in [1.54, 1.807) is 11.9 Å². The molecule has 0 bridgehead atoms. The second kappa shape index (κ2) is 9.71. The summed E-state index contributed by atoms with van der Waals surface area (Å²) in [6.45, 7) is 2.71. The number of hydrogen-bond donors (Lipinski definition) is 2. The SMILES string of the molecule is CN1CC(O)CC2(CCN(Cc3cc(C4CCCCC4)no3)CC2)C1=O.O=CO. The Bertz CT molecular complexity index is 678. The van der Waals surface area contributed by atoms with Crippen molar-refractivity contribution in [3.63, 3.8) is 0 Å². The van der Waals surface area contributed by atoms with Crippen molar-refractivity contribution in [1.82, 2.24) is 15.0 Å². The van der Waals surface area contributed by atoms with Gasteiger partial charge in [0.25, 0.3) is 6.47 Å². The summed E-state index contributed by atoms with van der Waals surface area (Å²) >= 11 is 0. The van der Waals surface area contributed by atoms with Crippen LogP contribution < -0.4 is 0 Å². The molecule has 8 heteroatoms. The Labute approximate surface area is 171 Å². The highest BCUT2D eigenvalue weighted by molar-refractivity contribution is 5.83. The molecule has 8 nitrogen and oxygen atoms in total. The number of β-amino-alcohol motifs (C(OH)–C–C–N with tert-alkyl or cyclic N) is 1. The van der Waals surface area contributed by atoms with Crippen molar-refractivity contribution in [2.45, 2.75) is 69.9 Å². The van der Waals surface area contributed by atoms with Gasteiger partial charge in [0, 0.05) is 25.6 Å². The first-order chi connectivity index (χ1) is 14.0. The molecule has 1 spiro atoms. The van der Waals surface area contributed by atoms with Gasteiger partial charge in [-0.1, -0.05) is 24.4 Å². The zero-order valence-electron chi connectivity index (χ0n) is 17.3. The summed E-state index contributed by atoms with van der Waals surface area (Å²) in [4.78, 5) is 25.1. The zero-order chi connectivity index (χ0) is 20.9. The lowest BCUT2D eigenvalue weighted by Crippen LogP contribution is -2.56. The number of carboxylic acid groups (broad SMARTS) is 1. The summed E-state index contributed by atoms with van der Waals surface area (Å²) in [5, 5.41) is 21.3. The molecule has 29 heavy (non-hydrogen) atoms. The Morgan fingerprint density at radius 1 is 1.28 bits per heavy atom. The number of likely N-dealkylation sites (tertiary alicyclic amines) is 2. The van der Waals surface area contributed by atoms with Crippen LogP contribution in [0, 0.1) is 5.41 Å². The molecular weight excluding hydrogens is 374 g/mol. The van der Waals surface area contributed by atoms with Crippen molar-refractivity contribution in [1.29, 1.82) is 0 Å². The van der Waals surface area contributed by atoms with E-state index in [-0.39, 0.29) is 17.8 Å². The topological polar surface area (TPSA) is 107 Å². The monoisotopic (exact) mass is 407 g/mol. The minimum atomic E-state index is -0.392. The zero-order valence-corrected chi connectivity index (χ0v) is 17.3. The number of likely N-dealkylation sites (N-methyl/N-ethyl adjacent to an activating group) is 1. The molecule has 1 unspecified atom stereocenters. The minimum absolute atomic E-state index is 0.210. The molecule has 1 atom stereocenters. The normalized spacial score (nSPS) is 25.5. The fourth-order valence-corrected chi connectivity index (χ4v) is 5.18. The summed E-state index contributed by atoms with van der Waals surface area (Å²) in [6.07, 6.45) is 8.26. The molecule has 2 saturated heterocycles. The molecule has 1 amide bonds. The summed E-state index contributed by atoms with van der Waals surface area (Å²) in [7, 11) is 1.81. The summed E-state index contributed by atoms with van der Waals surface area (Å²) in [5.74, 6) is 1.72. The molecule has 4 rings (SSSR count). The van der Waals surface area contributed by atoms with Crippen LogP contribution in [0.2, 0.25) is 0 Å². The number of aromatic nitrogens is 1. The third-order valence-electron chi connectivity index (χ3n) is 6.70. The molecular formula is C21H33N3O5. The second-order valence-electron chi connectivity index (χ2n) is 8.76. The predicted molar refractivity (Wildman–Crippen MR) is 106 cm³/mol. The molecule has 0 aromatic carbocycles. The van der Waals surface area contributed by atoms with Crippen LogP contribution in [0.4, 0.5) is 0 Å². The van der Waals surface area contributed by atoms with E-state index >= 15 is 0 Å². The van der Waals surface area contributed by atoms with Crippen molar-refractivity contribution in [2.75, 3.05) is 26.7 Å². The molecule has 162 valence electrons. The lowest BCUT2D eigenvalue weighted by Gasteiger charge is -2.46. The smallest absolute Gasteiger partial charge is 0.290 e. The van der Waals surface area contributed by atoms with Crippen LogP contribution in [-0.4, -0.2) is 70.3 Å². The Balaban J connectivity index is 0.000000755. The Hall–Kier alpha value is -1.93. The van der Waals surface area contributed by atoms with Crippen molar-refractivity contribution in [2.24, 2.45) is 5.41 Å². The molecule has 1 saturated carbocycles. The maximum absolute atomic E-state index is 12.7. The first-order valence-electron chi connectivity index (χ1n) is 10.7. The van der Waals surface area contributed by atoms with Gasteiger partial charge < -0.3 is 19.6 Å². The van der Waals surface area contributed by atoms with Crippen molar-refractivity contribution in [3.8, 4) is 0 Å². The summed E-state index contributed by atoms with van der Waals surface area (Å²) in [5.41, 5.74) is 0.762. The lowest BCUT2D eigenvalue weighted by molar-refractivity contribution is -0.154. The van der Waals surface area contributed by atoms with Crippen LogP contribution >= 0.6 is 0 Å².